The minimum Gasteiger partial charge on any atom is -0.370 e. The molecule has 4 rings (SSSR count). The van der Waals surface area contributed by atoms with Gasteiger partial charge in [0.15, 0.2) is 0 Å². The van der Waals surface area contributed by atoms with Crippen LogP contribution in [-0.2, 0) is 9.53 Å². The van der Waals surface area contributed by atoms with Gasteiger partial charge in [-0.1, -0.05) is 18.6 Å². The molecule has 2 saturated carbocycles. The monoisotopic (exact) mass is 360 g/mol. The van der Waals surface area contributed by atoms with Gasteiger partial charge in [-0.15, -0.1) is 0 Å². The van der Waals surface area contributed by atoms with E-state index in [-0.39, 0.29) is 29.8 Å². The molecule has 4 nitrogen and oxygen atoms in total. The minimum atomic E-state index is -0.206. The normalized spacial score (nSPS) is 34.6. The quantitative estimate of drug-likeness (QED) is 0.881. The third kappa shape index (κ3) is 3.39. The third-order valence-corrected chi connectivity index (χ3v) is 6.69. The van der Waals surface area contributed by atoms with E-state index in [2.05, 4.69) is 0 Å². The van der Waals surface area contributed by atoms with Gasteiger partial charge in [-0.3, -0.25) is 4.79 Å². The molecule has 2 aliphatic carbocycles. The summed E-state index contributed by atoms with van der Waals surface area (Å²) in [5.74, 6) is 1.18. The predicted octanol–water partition coefficient (Wildman–Crippen LogP) is 3.19. The van der Waals surface area contributed by atoms with Crippen molar-refractivity contribution in [2.45, 2.75) is 51.2 Å². The van der Waals surface area contributed by atoms with Crippen molar-refractivity contribution in [1.82, 2.24) is 4.90 Å². The predicted molar refractivity (Wildman–Crippen MR) is 97.9 cm³/mol. The van der Waals surface area contributed by atoms with Crippen LogP contribution >= 0.6 is 0 Å². The molecule has 26 heavy (non-hydrogen) atoms. The van der Waals surface area contributed by atoms with Crippen LogP contribution in [0.15, 0.2) is 18.2 Å². The molecule has 2 bridgehead atoms. The summed E-state index contributed by atoms with van der Waals surface area (Å²) < 4.78 is 19.4. The number of carbonyl (C=O) groups excluding carboxylic acids is 1. The second kappa shape index (κ2) is 7.28. The number of aryl methyl sites for hydroxylation is 1. The van der Waals surface area contributed by atoms with Gasteiger partial charge < -0.3 is 15.4 Å². The maximum Gasteiger partial charge on any atom is 0.225 e. The largest absolute Gasteiger partial charge is 0.370 e. The first kappa shape index (κ1) is 17.9. The number of nitrogens with two attached hydrogens (primary N) is 1. The molecule has 2 N–H and O–H groups in total. The minimum absolute atomic E-state index is 0.110. The zero-order chi connectivity index (χ0) is 18.3. The Morgan fingerprint density at radius 1 is 1.27 bits per heavy atom. The summed E-state index contributed by atoms with van der Waals surface area (Å²) in [6, 6.07) is 5.37. The van der Waals surface area contributed by atoms with Gasteiger partial charge in [-0.2, -0.15) is 0 Å². The molecule has 3 fully saturated rings. The van der Waals surface area contributed by atoms with Gasteiger partial charge in [0, 0.05) is 18.5 Å². The van der Waals surface area contributed by atoms with E-state index < -0.39 is 0 Å². The van der Waals surface area contributed by atoms with Crippen LogP contribution in [0.5, 0.6) is 0 Å². The fourth-order valence-electron chi connectivity index (χ4n) is 5.17. The highest BCUT2D eigenvalue weighted by Crippen LogP contribution is 2.42. The van der Waals surface area contributed by atoms with E-state index in [1.165, 1.54) is 25.3 Å². The second-order valence-corrected chi connectivity index (χ2v) is 8.35. The number of amides is 1. The average Bonchev–Trinajstić information content (AvgIpc) is 2.63. The van der Waals surface area contributed by atoms with Gasteiger partial charge in [-0.05, 0) is 61.6 Å². The molecule has 142 valence electrons. The van der Waals surface area contributed by atoms with Crippen LogP contribution in [0, 0.1) is 30.5 Å². The van der Waals surface area contributed by atoms with Crippen LogP contribution < -0.4 is 5.73 Å². The van der Waals surface area contributed by atoms with Crippen molar-refractivity contribution in [3.63, 3.8) is 0 Å². The van der Waals surface area contributed by atoms with Crippen molar-refractivity contribution >= 4 is 5.91 Å². The molecule has 3 atom stereocenters. The smallest absolute Gasteiger partial charge is 0.225 e. The van der Waals surface area contributed by atoms with E-state index in [0.29, 0.717) is 37.1 Å². The highest BCUT2D eigenvalue weighted by molar-refractivity contribution is 5.79. The van der Waals surface area contributed by atoms with Crippen molar-refractivity contribution in [1.29, 1.82) is 0 Å². The summed E-state index contributed by atoms with van der Waals surface area (Å²) in [7, 11) is 0. The molecule has 0 aromatic heterocycles. The molecular formula is C21H29FN2O2. The number of rotatable bonds is 2. The van der Waals surface area contributed by atoms with Crippen molar-refractivity contribution in [2.24, 2.45) is 23.5 Å². The Bertz CT molecular complexity index is 666. The first-order chi connectivity index (χ1) is 12.5. The van der Waals surface area contributed by atoms with Gasteiger partial charge in [0.25, 0.3) is 0 Å². The molecule has 1 amide bonds. The summed E-state index contributed by atoms with van der Waals surface area (Å²) in [5.41, 5.74) is 7.94. The van der Waals surface area contributed by atoms with Crippen LogP contribution in [0.1, 0.15) is 49.3 Å². The third-order valence-electron chi connectivity index (χ3n) is 6.69. The van der Waals surface area contributed by atoms with Crippen LogP contribution in [0.3, 0.4) is 0 Å². The van der Waals surface area contributed by atoms with E-state index in [0.717, 1.165) is 18.4 Å². The lowest BCUT2D eigenvalue weighted by atomic mass is 9.65. The molecule has 1 aliphatic heterocycles. The van der Waals surface area contributed by atoms with E-state index in [4.69, 9.17) is 10.5 Å². The van der Waals surface area contributed by atoms with Crippen LogP contribution in [0.2, 0.25) is 0 Å². The summed E-state index contributed by atoms with van der Waals surface area (Å²) in [6.07, 6.45) is 5.30. The Labute approximate surface area is 154 Å². The molecule has 3 aliphatic rings. The van der Waals surface area contributed by atoms with Crippen molar-refractivity contribution in [3.05, 3.63) is 35.1 Å². The van der Waals surface area contributed by atoms with Gasteiger partial charge in [-0.25, -0.2) is 4.39 Å². The Kier molecular flexibility index (Phi) is 5.02. The fraction of sp³-hybridized carbons (Fsp3) is 0.667. The summed E-state index contributed by atoms with van der Waals surface area (Å²) >= 11 is 0. The molecular weight excluding hydrogens is 331 g/mol. The Morgan fingerprint density at radius 2 is 2.00 bits per heavy atom. The standard InChI is InChI=1S/C21H29FN2O2/c1-13-9-14(5-6-18(13)22)19-12-24(7-8-26-19)21(25)17-10-15-3-2-4-16(11-17)20(15)23/h5-6,9,15-17,19-20H,2-4,7-8,10-12,23H2,1H3. The first-order valence-electron chi connectivity index (χ1n) is 9.95. The van der Waals surface area contributed by atoms with Crippen LogP contribution in [-0.4, -0.2) is 36.5 Å². The number of fused-ring (bicyclic) bond motifs is 2. The average molecular weight is 360 g/mol. The van der Waals surface area contributed by atoms with E-state index >= 15 is 0 Å². The molecule has 1 aromatic carbocycles. The number of nitrogens with zero attached hydrogens (tertiary/aromatic N) is 1. The highest BCUT2D eigenvalue weighted by Gasteiger charge is 2.42. The molecule has 3 unspecified atom stereocenters. The second-order valence-electron chi connectivity index (χ2n) is 8.35. The van der Waals surface area contributed by atoms with Crippen molar-refractivity contribution in [2.75, 3.05) is 19.7 Å². The number of carbonyl (C=O) groups is 1. The van der Waals surface area contributed by atoms with Crippen molar-refractivity contribution < 1.29 is 13.9 Å². The summed E-state index contributed by atoms with van der Waals surface area (Å²) in [4.78, 5) is 15.1. The molecule has 1 heterocycles. The lowest BCUT2D eigenvalue weighted by Crippen LogP contribution is -2.51. The molecule has 5 heteroatoms. The van der Waals surface area contributed by atoms with Gasteiger partial charge in [0.05, 0.1) is 13.2 Å². The number of hydrogen-bond acceptors (Lipinski definition) is 3. The van der Waals surface area contributed by atoms with Gasteiger partial charge >= 0.3 is 0 Å². The number of halogens is 1. The SMILES string of the molecule is Cc1cc(C2CN(C(=O)C3CC4CCCC(C3)C4N)CCO2)ccc1F. The number of ether oxygens (including phenoxy) is 1. The highest BCUT2D eigenvalue weighted by atomic mass is 19.1. The van der Waals surface area contributed by atoms with E-state index in [9.17, 15) is 9.18 Å². The van der Waals surface area contributed by atoms with Crippen molar-refractivity contribution in [3.8, 4) is 0 Å². The number of benzene rings is 1. The van der Waals surface area contributed by atoms with Crippen LogP contribution in [0.4, 0.5) is 4.39 Å². The summed E-state index contributed by atoms with van der Waals surface area (Å²) in [5, 5.41) is 0. The maximum atomic E-state index is 13.5. The molecule has 0 spiro atoms. The lowest BCUT2D eigenvalue weighted by Gasteiger charge is -2.45. The fourth-order valence-corrected chi connectivity index (χ4v) is 5.17. The topological polar surface area (TPSA) is 55.6 Å². The molecule has 0 radical (unpaired) electrons. The van der Waals surface area contributed by atoms with E-state index in [1.54, 1.807) is 13.0 Å². The van der Waals surface area contributed by atoms with Gasteiger partial charge in [0.2, 0.25) is 5.91 Å². The van der Waals surface area contributed by atoms with Crippen LogP contribution in [0.25, 0.3) is 0 Å². The number of morpholine rings is 1. The Balaban J connectivity index is 1.44. The van der Waals surface area contributed by atoms with E-state index in [1.807, 2.05) is 11.0 Å². The summed E-state index contributed by atoms with van der Waals surface area (Å²) in [6.45, 7) is 3.50. The maximum absolute atomic E-state index is 13.5. The Morgan fingerprint density at radius 3 is 2.69 bits per heavy atom. The lowest BCUT2D eigenvalue weighted by molar-refractivity contribution is -0.146. The number of hydrogen-bond donors (Lipinski definition) is 1. The first-order valence-corrected chi connectivity index (χ1v) is 9.95. The Hall–Kier alpha value is -1.46. The molecule has 1 saturated heterocycles. The zero-order valence-electron chi connectivity index (χ0n) is 15.5. The zero-order valence-corrected chi connectivity index (χ0v) is 15.5. The molecule has 1 aromatic rings. The van der Waals surface area contributed by atoms with Gasteiger partial charge in [0.1, 0.15) is 11.9 Å².